The third-order valence-corrected chi connectivity index (χ3v) is 6.36. The Morgan fingerprint density at radius 2 is 1.97 bits per heavy atom. The Morgan fingerprint density at radius 1 is 1.09 bits per heavy atom. The molecule has 0 spiro atoms. The molecule has 2 aromatic heterocycles. The third kappa shape index (κ3) is 4.66. The summed E-state index contributed by atoms with van der Waals surface area (Å²) < 4.78 is 0. The van der Waals surface area contributed by atoms with Gasteiger partial charge in [0, 0.05) is 48.0 Å². The van der Waals surface area contributed by atoms with Crippen molar-refractivity contribution in [1.82, 2.24) is 19.9 Å². The van der Waals surface area contributed by atoms with Gasteiger partial charge in [-0.25, -0.2) is 9.97 Å². The highest BCUT2D eigenvalue weighted by Gasteiger charge is 2.28. The molecule has 2 amide bonds. The number of nitrogens with zero attached hydrogens (tertiary/aromatic N) is 4. The first kappa shape index (κ1) is 22.4. The molecule has 2 aromatic carbocycles. The van der Waals surface area contributed by atoms with Gasteiger partial charge in [-0.3, -0.25) is 14.6 Å². The smallest absolute Gasteiger partial charge is 0.274 e. The van der Waals surface area contributed by atoms with Crippen LogP contribution in [0.4, 0.5) is 5.69 Å². The molecule has 0 aliphatic carbocycles. The first-order valence-corrected chi connectivity index (χ1v) is 11.5. The van der Waals surface area contributed by atoms with Crippen LogP contribution in [-0.2, 0) is 4.79 Å². The van der Waals surface area contributed by atoms with Gasteiger partial charge in [-0.15, -0.1) is 0 Å². The third-order valence-electron chi connectivity index (χ3n) is 6.36. The standard InChI is InChI=1S/C28H25N5O2/c1-3-26(34)33-10-9-20(16-33)24-13-21(12-22-14-29-17-31-27(22)24)19-7-8-25(30-15-19)28(35)32-23-6-4-5-18(2)11-23/h3-8,11-15,17,20H,1,9-10,16H2,2H3,(H,32,35). The topological polar surface area (TPSA) is 88.1 Å². The molecule has 1 unspecified atom stereocenters. The number of aromatic nitrogens is 3. The number of amides is 2. The zero-order valence-electron chi connectivity index (χ0n) is 19.4. The van der Waals surface area contributed by atoms with E-state index < -0.39 is 0 Å². The predicted molar refractivity (Wildman–Crippen MR) is 136 cm³/mol. The zero-order chi connectivity index (χ0) is 24.4. The Morgan fingerprint density at radius 3 is 2.74 bits per heavy atom. The van der Waals surface area contributed by atoms with E-state index in [1.54, 1.807) is 24.8 Å². The molecule has 3 heterocycles. The van der Waals surface area contributed by atoms with Crippen LogP contribution < -0.4 is 5.32 Å². The van der Waals surface area contributed by atoms with Crippen molar-refractivity contribution in [2.75, 3.05) is 18.4 Å². The molecule has 5 rings (SSSR count). The molecular formula is C28H25N5O2. The highest BCUT2D eigenvalue weighted by Crippen LogP contribution is 2.35. The van der Waals surface area contributed by atoms with Crippen LogP contribution >= 0.6 is 0 Å². The number of aryl methyl sites for hydroxylation is 1. The summed E-state index contributed by atoms with van der Waals surface area (Å²) in [6.07, 6.45) is 7.28. The lowest BCUT2D eigenvalue weighted by molar-refractivity contribution is -0.125. The Bertz CT molecular complexity index is 1430. The van der Waals surface area contributed by atoms with Crippen molar-refractivity contribution in [3.63, 3.8) is 0 Å². The fraction of sp³-hybridized carbons (Fsp3) is 0.179. The van der Waals surface area contributed by atoms with Crippen LogP contribution in [0.2, 0.25) is 0 Å². The molecule has 1 N–H and O–H groups in total. The van der Waals surface area contributed by atoms with Crippen molar-refractivity contribution in [3.8, 4) is 11.1 Å². The second-order valence-corrected chi connectivity index (χ2v) is 8.76. The molecule has 7 heteroatoms. The molecule has 1 saturated heterocycles. The molecule has 0 saturated carbocycles. The maximum absolute atomic E-state index is 12.7. The van der Waals surface area contributed by atoms with Gasteiger partial charge in [0.25, 0.3) is 5.91 Å². The average molecular weight is 464 g/mol. The van der Waals surface area contributed by atoms with Crippen molar-refractivity contribution < 1.29 is 9.59 Å². The average Bonchev–Trinajstić information content (AvgIpc) is 3.38. The number of fused-ring (bicyclic) bond motifs is 1. The maximum Gasteiger partial charge on any atom is 0.274 e. The lowest BCUT2D eigenvalue weighted by atomic mass is 9.92. The molecule has 7 nitrogen and oxygen atoms in total. The number of benzene rings is 2. The first-order valence-electron chi connectivity index (χ1n) is 11.5. The summed E-state index contributed by atoms with van der Waals surface area (Å²) in [5.74, 6) is -0.136. The quantitative estimate of drug-likeness (QED) is 0.432. The monoisotopic (exact) mass is 463 g/mol. The number of carbonyl (C=O) groups is 2. The van der Waals surface area contributed by atoms with Gasteiger partial charge in [0.15, 0.2) is 0 Å². The number of pyridine rings is 1. The number of rotatable bonds is 5. The highest BCUT2D eigenvalue weighted by atomic mass is 16.2. The molecule has 1 aliphatic rings. The maximum atomic E-state index is 12.7. The molecule has 0 radical (unpaired) electrons. The summed E-state index contributed by atoms with van der Waals surface area (Å²) in [6, 6.07) is 15.4. The molecule has 174 valence electrons. The Kier molecular flexibility index (Phi) is 6.06. The van der Waals surface area contributed by atoms with Crippen LogP contribution in [0.1, 0.15) is 34.0 Å². The Balaban J connectivity index is 1.43. The van der Waals surface area contributed by atoms with E-state index in [9.17, 15) is 9.59 Å². The van der Waals surface area contributed by atoms with Crippen molar-refractivity contribution in [1.29, 1.82) is 0 Å². The number of hydrogen-bond acceptors (Lipinski definition) is 5. The summed E-state index contributed by atoms with van der Waals surface area (Å²) >= 11 is 0. The molecule has 0 bridgehead atoms. The zero-order valence-corrected chi connectivity index (χ0v) is 19.4. The number of hydrogen-bond donors (Lipinski definition) is 1. The van der Waals surface area contributed by atoms with Crippen LogP contribution in [0.15, 0.2) is 79.9 Å². The van der Waals surface area contributed by atoms with Gasteiger partial charge in [-0.1, -0.05) is 24.8 Å². The fourth-order valence-corrected chi connectivity index (χ4v) is 4.57. The molecule has 1 atom stereocenters. The van der Waals surface area contributed by atoms with Crippen molar-refractivity contribution in [3.05, 3.63) is 96.7 Å². The normalized spacial score (nSPS) is 15.2. The van der Waals surface area contributed by atoms with E-state index in [0.717, 1.165) is 45.3 Å². The van der Waals surface area contributed by atoms with Crippen molar-refractivity contribution in [2.24, 2.45) is 0 Å². The van der Waals surface area contributed by atoms with Crippen molar-refractivity contribution >= 4 is 28.4 Å². The van der Waals surface area contributed by atoms with E-state index in [1.165, 1.54) is 6.08 Å². The first-order chi connectivity index (χ1) is 17.0. The van der Waals surface area contributed by atoms with Crippen LogP contribution in [0.5, 0.6) is 0 Å². The van der Waals surface area contributed by atoms with E-state index >= 15 is 0 Å². The summed E-state index contributed by atoms with van der Waals surface area (Å²) in [4.78, 5) is 39.7. The van der Waals surface area contributed by atoms with Gasteiger partial charge < -0.3 is 10.2 Å². The second-order valence-electron chi connectivity index (χ2n) is 8.76. The second kappa shape index (κ2) is 9.46. The van der Waals surface area contributed by atoms with Crippen LogP contribution in [0, 0.1) is 6.92 Å². The number of likely N-dealkylation sites (tertiary alicyclic amines) is 1. The van der Waals surface area contributed by atoms with E-state index in [1.807, 2.05) is 48.2 Å². The minimum atomic E-state index is -0.257. The minimum absolute atomic E-state index is 0.0497. The van der Waals surface area contributed by atoms with Gasteiger partial charge in [-0.05, 0) is 66.4 Å². The number of nitrogens with one attached hydrogen (secondary N) is 1. The van der Waals surface area contributed by atoms with Gasteiger partial charge in [0.05, 0.1) is 5.52 Å². The molecule has 1 fully saturated rings. The van der Waals surface area contributed by atoms with Crippen LogP contribution in [-0.4, -0.2) is 44.8 Å². The van der Waals surface area contributed by atoms with Crippen molar-refractivity contribution in [2.45, 2.75) is 19.3 Å². The van der Waals surface area contributed by atoms with Crippen LogP contribution in [0.25, 0.3) is 22.0 Å². The van der Waals surface area contributed by atoms with Gasteiger partial charge in [-0.2, -0.15) is 0 Å². The largest absolute Gasteiger partial charge is 0.339 e. The summed E-state index contributed by atoms with van der Waals surface area (Å²) in [5.41, 5.74) is 5.98. The van der Waals surface area contributed by atoms with Gasteiger partial charge in [0.2, 0.25) is 5.91 Å². The predicted octanol–water partition coefficient (Wildman–Crippen LogP) is 4.75. The summed E-state index contributed by atoms with van der Waals surface area (Å²) in [7, 11) is 0. The lowest BCUT2D eigenvalue weighted by Gasteiger charge is -2.17. The SMILES string of the molecule is C=CC(=O)N1CCC(c2cc(-c3ccc(C(=O)Nc4cccc(C)c4)nc3)cc3cncnc23)C1. The summed E-state index contributed by atoms with van der Waals surface area (Å²) in [6.45, 7) is 6.91. The van der Waals surface area contributed by atoms with Crippen LogP contribution in [0.3, 0.4) is 0 Å². The fourth-order valence-electron chi connectivity index (χ4n) is 4.57. The Hall–Kier alpha value is -4.39. The molecule has 4 aromatic rings. The molecule has 1 aliphatic heterocycles. The van der Waals surface area contributed by atoms with E-state index in [0.29, 0.717) is 18.8 Å². The lowest BCUT2D eigenvalue weighted by Crippen LogP contribution is -2.26. The molecular weight excluding hydrogens is 438 g/mol. The van der Waals surface area contributed by atoms with E-state index in [4.69, 9.17) is 0 Å². The summed E-state index contributed by atoms with van der Waals surface area (Å²) in [5, 5.41) is 3.82. The van der Waals surface area contributed by atoms with E-state index in [-0.39, 0.29) is 17.7 Å². The van der Waals surface area contributed by atoms with Gasteiger partial charge >= 0.3 is 0 Å². The minimum Gasteiger partial charge on any atom is -0.339 e. The number of carbonyl (C=O) groups excluding carboxylic acids is 2. The Labute approximate surface area is 203 Å². The van der Waals surface area contributed by atoms with Gasteiger partial charge in [0.1, 0.15) is 12.0 Å². The molecule has 35 heavy (non-hydrogen) atoms. The number of anilines is 1. The van der Waals surface area contributed by atoms with E-state index in [2.05, 4.69) is 32.9 Å². The highest BCUT2D eigenvalue weighted by molar-refractivity contribution is 6.03.